The molecule has 1 aromatic rings. The summed E-state index contributed by atoms with van der Waals surface area (Å²) in [6.07, 6.45) is 5.41. The van der Waals surface area contributed by atoms with Crippen molar-refractivity contribution in [1.82, 2.24) is 24.4 Å². The van der Waals surface area contributed by atoms with Crippen LogP contribution in [0.25, 0.3) is 0 Å². The molecule has 3 amide bonds. The van der Waals surface area contributed by atoms with Gasteiger partial charge in [0.15, 0.2) is 0 Å². The smallest absolute Gasteiger partial charge is 0.268 e. The summed E-state index contributed by atoms with van der Waals surface area (Å²) in [4.78, 5) is 38.5. The van der Waals surface area contributed by atoms with Crippen molar-refractivity contribution in [3.05, 3.63) is 18.0 Å². The van der Waals surface area contributed by atoms with Gasteiger partial charge >= 0.3 is 0 Å². The second-order valence-corrected chi connectivity index (χ2v) is 9.62. The minimum atomic E-state index is -3.65. The molecular weight excluding hydrogens is 410 g/mol. The molecule has 30 heavy (non-hydrogen) atoms. The number of amides is 3. The summed E-state index contributed by atoms with van der Waals surface area (Å²) in [7, 11) is -0.533. The van der Waals surface area contributed by atoms with Gasteiger partial charge in [-0.3, -0.25) is 14.4 Å². The molecule has 10 nitrogen and oxygen atoms in total. The first-order valence-corrected chi connectivity index (χ1v) is 11.7. The van der Waals surface area contributed by atoms with E-state index in [9.17, 15) is 22.8 Å². The quantitative estimate of drug-likeness (QED) is 0.629. The Labute approximate surface area is 176 Å². The van der Waals surface area contributed by atoms with Gasteiger partial charge in [-0.05, 0) is 31.7 Å². The van der Waals surface area contributed by atoms with Crippen LogP contribution in [0.5, 0.6) is 0 Å². The third-order valence-electron chi connectivity index (χ3n) is 5.69. The molecule has 0 aliphatic carbocycles. The van der Waals surface area contributed by atoms with Crippen molar-refractivity contribution in [1.29, 1.82) is 0 Å². The number of hydrogen-bond donors (Lipinski definition) is 2. The standard InChI is InChI=1S/C19H29N5O5S/c1-20-18(26)15-7-6-10-24(15)17(25)12-21-19(27)16-11-14(13-22(16)2)30(28,29)23-8-4-3-5-9-23/h11,13,15H,3-10,12H2,1-2H3,(H,20,26)(H,21,27). The molecule has 2 saturated heterocycles. The van der Waals surface area contributed by atoms with Crippen LogP contribution in [0.1, 0.15) is 42.6 Å². The molecule has 0 bridgehead atoms. The third-order valence-corrected chi connectivity index (χ3v) is 7.55. The number of rotatable bonds is 6. The zero-order chi connectivity index (χ0) is 21.9. The van der Waals surface area contributed by atoms with Gasteiger partial charge in [0.1, 0.15) is 16.6 Å². The summed E-state index contributed by atoms with van der Waals surface area (Å²) < 4.78 is 28.5. The average Bonchev–Trinajstić information content (AvgIpc) is 3.39. The molecule has 2 aliphatic heterocycles. The monoisotopic (exact) mass is 439 g/mol. The zero-order valence-corrected chi connectivity index (χ0v) is 18.2. The maximum absolute atomic E-state index is 12.8. The van der Waals surface area contributed by atoms with E-state index in [0.717, 1.165) is 25.7 Å². The first kappa shape index (κ1) is 22.3. The lowest BCUT2D eigenvalue weighted by Gasteiger charge is -2.25. The molecule has 166 valence electrons. The van der Waals surface area contributed by atoms with Gasteiger partial charge in [-0.25, -0.2) is 8.42 Å². The van der Waals surface area contributed by atoms with Crippen molar-refractivity contribution >= 4 is 27.7 Å². The third kappa shape index (κ3) is 4.51. The Morgan fingerprint density at radius 3 is 2.47 bits per heavy atom. The lowest BCUT2D eigenvalue weighted by atomic mass is 10.2. The van der Waals surface area contributed by atoms with Crippen molar-refractivity contribution in [2.24, 2.45) is 7.05 Å². The van der Waals surface area contributed by atoms with Crippen molar-refractivity contribution in [3.63, 3.8) is 0 Å². The zero-order valence-electron chi connectivity index (χ0n) is 17.4. The Morgan fingerprint density at radius 2 is 1.80 bits per heavy atom. The number of aryl methyl sites for hydroxylation is 1. The average molecular weight is 440 g/mol. The predicted octanol–water partition coefficient (Wildman–Crippen LogP) is -0.333. The molecule has 1 atom stereocenters. The highest BCUT2D eigenvalue weighted by atomic mass is 32.2. The molecule has 1 unspecified atom stereocenters. The number of likely N-dealkylation sites (N-methyl/N-ethyl adjacent to an activating group) is 1. The van der Waals surface area contributed by atoms with E-state index in [1.165, 1.54) is 33.1 Å². The second kappa shape index (κ2) is 9.17. The summed E-state index contributed by atoms with van der Waals surface area (Å²) in [5.74, 6) is -1.10. The van der Waals surface area contributed by atoms with Crippen molar-refractivity contribution in [2.45, 2.75) is 43.0 Å². The lowest BCUT2D eigenvalue weighted by Crippen LogP contribution is -2.48. The van der Waals surface area contributed by atoms with Crippen LogP contribution in [0.3, 0.4) is 0 Å². The molecule has 0 saturated carbocycles. The van der Waals surface area contributed by atoms with Gasteiger partial charge in [0.2, 0.25) is 21.8 Å². The van der Waals surface area contributed by atoms with Crippen LogP contribution in [0.2, 0.25) is 0 Å². The molecule has 3 heterocycles. The molecule has 0 aromatic carbocycles. The molecule has 1 aromatic heterocycles. The summed E-state index contributed by atoms with van der Waals surface area (Å²) in [5.41, 5.74) is 0.155. The predicted molar refractivity (Wildman–Crippen MR) is 109 cm³/mol. The highest BCUT2D eigenvalue weighted by molar-refractivity contribution is 7.89. The van der Waals surface area contributed by atoms with Crippen LogP contribution < -0.4 is 10.6 Å². The summed E-state index contributed by atoms with van der Waals surface area (Å²) in [6.45, 7) is 1.17. The van der Waals surface area contributed by atoms with Crippen LogP contribution in [0, 0.1) is 0 Å². The Bertz CT molecular complexity index is 920. The van der Waals surface area contributed by atoms with Crippen molar-refractivity contribution in [2.75, 3.05) is 33.2 Å². The van der Waals surface area contributed by atoms with E-state index >= 15 is 0 Å². The molecular formula is C19H29N5O5S. The topological polar surface area (TPSA) is 121 Å². The fourth-order valence-corrected chi connectivity index (χ4v) is 5.60. The van der Waals surface area contributed by atoms with E-state index in [1.54, 1.807) is 7.05 Å². The summed E-state index contributed by atoms with van der Waals surface area (Å²) in [5, 5.41) is 5.10. The van der Waals surface area contributed by atoms with Gasteiger partial charge in [-0.2, -0.15) is 4.31 Å². The number of hydrogen-bond acceptors (Lipinski definition) is 5. The van der Waals surface area contributed by atoms with Gasteiger partial charge in [0, 0.05) is 39.9 Å². The van der Waals surface area contributed by atoms with Crippen LogP contribution in [0.15, 0.2) is 17.2 Å². The fraction of sp³-hybridized carbons (Fsp3) is 0.632. The molecule has 11 heteroatoms. The molecule has 3 rings (SSSR count). The first-order chi connectivity index (χ1) is 14.3. The number of carbonyl (C=O) groups is 3. The summed E-state index contributed by atoms with van der Waals surface area (Å²) >= 11 is 0. The van der Waals surface area contributed by atoms with Crippen LogP contribution in [0.4, 0.5) is 0 Å². The number of sulfonamides is 1. The maximum atomic E-state index is 12.8. The van der Waals surface area contributed by atoms with Gasteiger partial charge < -0.3 is 20.1 Å². The lowest BCUT2D eigenvalue weighted by molar-refractivity contribution is -0.137. The molecule has 0 radical (unpaired) electrons. The minimum Gasteiger partial charge on any atom is -0.357 e. The van der Waals surface area contributed by atoms with Gasteiger partial charge in [0.25, 0.3) is 5.91 Å². The number of aromatic nitrogens is 1. The van der Waals surface area contributed by atoms with Gasteiger partial charge in [-0.15, -0.1) is 0 Å². The molecule has 2 N–H and O–H groups in total. The number of likely N-dealkylation sites (tertiary alicyclic amines) is 1. The number of nitrogens with zero attached hydrogens (tertiary/aromatic N) is 3. The van der Waals surface area contributed by atoms with E-state index in [1.807, 2.05) is 0 Å². The largest absolute Gasteiger partial charge is 0.357 e. The van der Waals surface area contributed by atoms with E-state index in [4.69, 9.17) is 0 Å². The normalized spacial score (nSPS) is 20.2. The highest BCUT2D eigenvalue weighted by Gasteiger charge is 2.33. The van der Waals surface area contributed by atoms with Crippen molar-refractivity contribution < 1.29 is 22.8 Å². The van der Waals surface area contributed by atoms with E-state index in [-0.39, 0.29) is 28.9 Å². The number of piperidine rings is 1. The van der Waals surface area contributed by atoms with Crippen LogP contribution >= 0.6 is 0 Å². The van der Waals surface area contributed by atoms with Gasteiger partial charge in [-0.1, -0.05) is 6.42 Å². The van der Waals surface area contributed by atoms with E-state index in [2.05, 4.69) is 10.6 Å². The SMILES string of the molecule is CNC(=O)C1CCCN1C(=O)CNC(=O)c1cc(S(=O)(=O)N2CCCCC2)cn1C. The van der Waals surface area contributed by atoms with E-state index in [0.29, 0.717) is 26.1 Å². The highest BCUT2D eigenvalue weighted by Crippen LogP contribution is 2.22. The van der Waals surface area contributed by atoms with Crippen molar-refractivity contribution in [3.8, 4) is 0 Å². The van der Waals surface area contributed by atoms with Crippen LogP contribution in [-0.4, -0.2) is 79.2 Å². The number of carbonyl (C=O) groups excluding carboxylic acids is 3. The second-order valence-electron chi connectivity index (χ2n) is 7.68. The molecule has 2 aliphatic rings. The Balaban J connectivity index is 1.65. The fourth-order valence-electron chi connectivity index (χ4n) is 4.01. The Hall–Kier alpha value is -2.40. The molecule has 0 spiro atoms. The Kier molecular flexibility index (Phi) is 6.81. The Morgan fingerprint density at radius 1 is 1.10 bits per heavy atom. The van der Waals surface area contributed by atoms with E-state index < -0.39 is 22.0 Å². The van der Waals surface area contributed by atoms with Gasteiger partial charge in [0.05, 0.1) is 6.54 Å². The minimum absolute atomic E-state index is 0.0719. The number of nitrogens with one attached hydrogen (secondary N) is 2. The van der Waals surface area contributed by atoms with Crippen LogP contribution in [-0.2, 0) is 26.7 Å². The maximum Gasteiger partial charge on any atom is 0.268 e. The summed E-state index contributed by atoms with van der Waals surface area (Å²) in [6, 6.07) is 0.822. The first-order valence-electron chi connectivity index (χ1n) is 10.2. The molecule has 2 fully saturated rings.